The van der Waals surface area contributed by atoms with Crippen LogP contribution >= 0.6 is 0 Å². The van der Waals surface area contributed by atoms with Gasteiger partial charge in [-0.25, -0.2) is 0 Å². The van der Waals surface area contributed by atoms with Crippen LogP contribution in [0.1, 0.15) is 31.2 Å². The normalized spacial score (nSPS) is 19.1. The molecule has 1 aromatic rings. The quantitative estimate of drug-likeness (QED) is 0.0574. The van der Waals surface area contributed by atoms with Crippen LogP contribution in [0.5, 0.6) is 5.75 Å². The van der Waals surface area contributed by atoms with E-state index in [0.717, 1.165) is 6.08 Å². The first-order valence-corrected chi connectivity index (χ1v) is 15.6. The molecular weight excluding hydrogens is 632 g/mol. The van der Waals surface area contributed by atoms with Gasteiger partial charge in [0.2, 0.25) is 11.6 Å². The fourth-order valence-electron chi connectivity index (χ4n) is 5.23. The Morgan fingerprint density at radius 2 is 1.06 bits per heavy atom. The average Bonchev–Trinajstić information content (AvgIpc) is 3.30. The minimum Gasteiger partial charge on any atom is -0.507 e. The number of aliphatic hydroxyl groups excluding tert-OH is 9. The molecule has 0 fully saturated rings. The monoisotopic (exact) mass is 676 g/mol. The molecular formula is C33H44N2O13. The number of ketones is 3. The summed E-state index contributed by atoms with van der Waals surface area (Å²) in [5.74, 6) is -4.34. The predicted octanol–water partition coefficient (Wildman–Crippen LogP) is -1.79. The molecule has 264 valence electrons. The minimum absolute atomic E-state index is 0.119. The zero-order valence-corrected chi connectivity index (χ0v) is 26.4. The number of aliphatic hydroxyl groups is 9. The van der Waals surface area contributed by atoms with Crippen LogP contribution in [-0.4, -0.2) is 150 Å². The van der Waals surface area contributed by atoms with Gasteiger partial charge in [0.1, 0.15) is 11.5 Å². The molecule has 0 spiro atoms. The highest BCUT2D eigenvalue weighted by molar-refractivity contribution is 6.63. The Balaban J connectivity index is 1.94. The average molecular weight is 677 g/mol. The molecule has 0 radical (unpaired) electrons. The molecule has 0 saturated carbocycles. The van der Waals surface area contributed by atoms with Gasteiger partial charge in [0.15, 0.2) is 5.78 Å². The van der Waals surface area contributed by atoms with Crippen LogP contribution in [0.4, 0.5) is 5.69 Å². The lowest BCUT2D eigenvalue weighted by Gasteiger charge is -2.28. The van der Waals surface area contributed by atoms with Crippen LogP contribution in [0.25, 0.3) is 5.57 Å². The largest absolute Gasteiger partial charge is 0.507 e. The SMILES string of the molecule is O=C1C(=O)/C(=C2/C=CC(N(CCC(O)CO)CCC(O)CO)=CC2=O)C(O)=C1c1ccc(N(CCC(O)CO)CCC(O)CO)cc1O. The number of rotatable bonds is 19. The lowest BCUT2D eigenvalue weighted by Crippen LogP contribution is -2.32. The number of Topliss-reactive ketones (excluding diaryl/α,β-unsaturated/α-hetero) is 2. The summed E-state index contributed by atoms with van der Waals surface area (Å²) in [6.07, 6.45) is 0.239. The number of hydrogen-bond donors (Lipinski definition) is 10. The fourth-order valence-corrected chi connectivity index (χ4v) is 5.23. The lowest BCUT2D eigenvalue weighted by atomic mass is 9.96. The van der Waals surface area contributed by atoms with Crippen molar-refractivity contribution in [2.75, 3.05) is 57.5 Å². The van der Waals surface area contributed by atoms with Gasteiger partial charge < -0.3 is 60.9 Å². The molecule has 0 heterocycles. The molecule has 15 nitrogen and oxygen atoms in total. The van der Waals surface area contributed by atoms with Gasteiger partial charge in [0.05, 0.1) is 62.0 Å². The van der Waals surface area contributed by atoms with Gasteiger partial charge in [-0.1, -0.05) is 0 Å². The molecule has 0 bridgehead atoms. The van der Waals surface area contributed by atoms with Gasteiger partial charge in [0, 0.05) is 60.8 Å². The standard InChI is InChI=1S/C33H44N2O13/c36-15-21(40)5-9-34(10-6-22(41)16-37)19-1-3-25(27(44)13-19)29-31(46)30(33(48)32(29)47)26-4-2-20(14-28(26)45)35(11-7-23(42)17-38)12-8-24(43)18-39/h1-4,13-14,21-24,36-44,46H,5-12,15-18H2/b30-26-. The van der Waals surface area contributed by atoms with Gasteiger partial charge in [-0.15, -0.1) is 0 Å². The Kier molecular flexibility index (Phi) is 14.4. The summed E-state index contributed by atoms with van der Waals surface area (Å²) in [5, 5.41) is 98.0. The number of carbonyl (C=O) groups excluding carboxylic acids is 3. The number of aromatic hydroxyl groups is 1. The van der Waals surface area contributed by atoms with Crippen molar-refractivity contribution < 1.29 is 65.4 Å². The fraction of sp³-hybridized carbons (Fsp3) is 0.485. The molecule has 0 amide bonds. The van der Waals surface area contributed by atoms with E-state index in [-0.39, 0.29) is 63.0 Å². The highest BCUT2D eigenvalue weighted by atomic mass is 16.3. The van der Waals surface area contributed by atoms with Crippen molar-refractivity contribution in [2.24, 2.45) is 0 Å². The van der Waals surface area contributed by atoms with Gasteiger partial charge in [-0.3, -0.25) is 14.4 Å². The van der Waals surface area contributed by atoms with Gasteiger partial charge >= 0.3 is 0 Å². The van der Waals surface area contributed by atoms with E-state index in [1.165, 1.54) is 30.4 Å². The highest BCUT2D eigenvalue weighted by Gasteiger charge is 2.41. The summed E-state index contributed by atoms with van der Waals surface area (Å²) < 4.78 is 0. The Morgan fingerprint density at radius 1 is 0.604 bits per heavy atom. The zero-order chi connectivity index (χ0) is 35.5. The van der Waals surface area contributed by atoms with E-state index in [4.69, 9.17) is 0 Å². The second-order valence-electron chi connectivity index (χ2n) is 11.6. The van der Waals surface area contributed by atoms with Crippen LogP contribution < -0.4 is 4.90 Å². The molecule has 0 aromatic heterocycles. The zero-order valence-electron chi connectivity index (χ0n) is 26.4. The maximum absolute atomic E-state index is 13.3. The molecule has 15 heteroatoms. The molecule has 4 unspecified atom stereocenters. The number of phenolic OH excluding ortho intramolecular Hbond substituents is 1. The highest BCUT2D eigenvalue weighted by Crippen LogP contribution is 2.39. The second-order valence-corrected chi connectivity index (χ2v) is 11.6. The van der Waals surface area contributed by atoms with Crippen molar-refractivity contribution in [3.05, 3.63) is 64.6 Å². The minimum atomic E-state index is -1.16. The third-order valence-electron chi connectivity index (χ3n) is 8.12. The van der Waals surface area contributed by atoms with Crippen molar-refractivity contribution in [1.82, 2.24) is 4.90 Å². The van der Waals surface area contributed by atoms with Crippen molar-refractivity contribution >= 4 is 28.6 Å². The first kappa shape index (κ1) is 38.5. The molecule has 0 saturated heterocycles. The lowest BCUT2D eigenvalue weighted by molar-refractivity contribution is -0.130. The molecule has 2 aliphatic rings. The van der Waals surface area contributed by atoms with E-state index in [1.54, 1.807) is 9.80 Å². The molecule has 2 aliphatic carbocycles. The summed E-state index contributed by atoms with van der Waals surface area (Å²) >= 11 is 0. The first-order valence-electron chi connectivity index (χ1n) is 15.6. The van der Waals surface area contributed by atoms with Gasteiger partial charge in [-0.05, 0) is 50.0 Å². The predicted molar refractivity (Wildman–Crippen MR) is 172 cm³/mol. The summed E-state index contributed by atoms with van der Waals surface area (Å²) in [6, 6.07) is 4.03. The first-order chi connectivity index (χ1) is 22.9. The Hall–Kier alpha value is -3.93. The summed E-state index contributed by atoms with van der Waals surface area (Å²) in [6.45, 7) is -1.22. The van der Waals surface area contributed by atoms with Gasteiger partial charge in [0.25, 0.3) is 0 Å². The van der Waals surface area contributed by atoms with Crippen LogP contribution in [0.15, 0.2) is 59.0 Å². The van der Waals surface area contributed by atoms with E-state index in [1.807, 2.05) is 0 Å². The number of anilines is 1. The molecule has 4 atom stereocenters. The molecule has 1 aromatic carbocycles. The molecule has 0 aliphatic heterocycles. The Labute approximate surface area is 276 Å². The second kappa shape index (κ2) is 18.0. The third-order valence-corrected chi connectivity index (χ3v) is 8.12. The smallest absolute Gasteiger partial charge is 0.238 e. The van der Waals surface area contributed by atoms with Gasteiger partial charge in [-0.2, -0.15) is 0 Å². The number of allylic oxidation sites excluding steroid dienone is 6. The topological polar surface area (TPSA) is 260 Å². The number of carbonyl (C=O) groups is 3. The molecule has 3 rings (SSSR count). The van der Waals surface area contributed by atoms with Crippen molar-refractivity contribution in [2.45, 2.75) is 50.1 Å². The number of phenols is 1. The Morgan fingerprint density at radius 3 is 1.50 bits per heavy atom. The van der Waals surface area contributed by atoms with Crippen LogP contribution in [0.2, 0.25) is 0 Å². The van der Waals surface area contributed by atoms with E-state index >= 15 is 0 Å². The van der Waals surface area contributed by atoms with Crippen LogP contribution in [0.3, 0.4) is 0 Å². The van der Waals surface area contributed by atoms with Crippen molar-refractivity contribution in [3.8, 4) is 5.75 Å². The summed E-state index contributed by atoms with van der Waals surface area (Å²) in [5.41, 5.74) is -0.815. The number of hydrogen-bond acceptors (Lipinski definition) is 15. The van der Waals surface area contributed by atoms with E-state index in [9.17, 15) is 65.4 Å². The maximum atomic E-state index is 13.3. The van der Waals surface area contributed by atoms with Crippen molar-refractivity contribution in [3.63, 3.8) is 0 Å². The van der Waals surface area contributed by atoms with E-state index in [0.29, 0.717) is 11.4 Å². The maximum Gasteiger partial charge on any atom is 0.238 e. The Bertz CT molecular complexity index is 1420. The molecule has 48 heavy (non-hydrogen) atoms. The molecule has 10 N–H and O–H groups in total. The number of benzene rings is 1. The van der Waals surface area contributed by atoms with Crippen LogP contribution in [0, 0.1) is 0 Å². The van der Waals surface area contributed by atoms with Crippen LogP contribution in [-0.2, 0) is 14.4 Å². The summed E-state index contributed by atoms with van der Waals surface area (Å²) in [4.78, 5) is 42.8. The van der Waals surface area contributed by atoms with Crippen molar-refractivity contribution in [1.29, 1.82) is 0 Å². The number of nitrogens with zero attached hydrogens (tertiary/aromatic N) is 2. The van der Waals surface area contributed by atoms with E-state index in [2.05, 4.69) is 0 Å². The summed E-state index contributed by atoms with van der Waals surface area (Å²) in [7, 11) is 0. The third kappa shape index (κ3) is 9.58. The van der Waals surface area contributed by atoms with E-state index < -0.39 is 90.8 Å².